The molecular weight excluding hydrogens is 292 g/mol. The zero-order chi connectivity index (χ0) is 16.2. The van der Waals surface area contributed by atoms with Crippen LogP contribution in [0.25, 0.3) is 0 Å². The molecule has 1 saturated heterocycles. The number of nitrogens with one attached hydrogen (secondary N) is 1. The number of phenols is 1. The van der Waals surface area contributed by atoms with Crippen LogP contribution in [0.5, 0.6) is 5.75 Å². The van der Waals surface area contributed by atoms with Crippen molar-refractivity contribution in [1.29, 1.82) is 0 Å². The van der Waals surface area contributed by atoms with Crippen molar-refractivity contribution < 1.29 is 15.0 Å². The number of rotatable bonds is 3. The van der Waals surface area contributed by atoms with Gasteiger partial charge in [-0.25, -0.2) is 0 Å². The summed E-state index contributed by atoms with van der Waals surface area (Å²) in [5, 5.41) is 21.9. The molecule has 1 heterocycles. The minimum absolute atomic E-state index is 0.0457. The van der Waals surface area contributed by atoms with Crippen LogP contribution >= 0.6 is 0 Å². The summed E-state index contributed by atoms with van der Waals surface area (Å²) in [5.41, 5.74) is 1.98. The van der Waals surface area contributed by atoms with Gasteiger partial charge in [0.15, 0.2) is 0 Å². The normalized spacial score (nSPS) is 15.4. The smallest absolute Gasteiger partial charge is 0.255 e. The van der Waals surface area contributed by atoms with Crippen LogP contribution in [0.15, 0.2) is 48.5 Å². The summed E-state index contributed by atoms with van der Waals surface area (Å²) in [5.74, 6) is -0.212. The summed E-state index contributed by atoms with van der Waals surface area (Å²) in [4.78, 5) is 14.4. The quantitative estimate of drug-likeness (QED) is 0.762. The average Bonchev–Trinajstić information content (AvgIpc) is 2.58. The maximum Gasteiger partial charge on any atom is 0.255 e. The lowest BCUT2D eigenvalue weighted by molar-refractivity contribution is 0.102. The molecule has 0 radical (unpaired) electrons. The molecule has 1 fully saturated rings. The zero-order valence-corrected chi connectivity index (χ0v) is 12.8. The fourth-order valence-electron chi connectivity index (χ4n) is 2.72. The predicted molar refractivity (Wildman–Crippen MR) is 90.0 cm³/mol. The van der Waals surface area contributed by atoms with Gasteiger partial charge >= 0.3 is 0 Å². The second-order valence-electron chi connectivity index (χ2n) is 5.74. The van der Waals surface area contributed by atoms with E-state index < -0.39 is 0 Å². The van der Waals surface area contributed by atoms with E-state index >= 15 is 0 Å². The van der Waals surface area contributed by atoms with E-state index in [0.717, 1.165) is 31.6 Å². The van der Waals surface area contributed by atoms with Crippen LogP contribution in [0.2, 0.25) is 0 Å². The minimum atomic E-state index is -0.257. The number of anilines is 2. The van der Waals surface area contributed by atoms with Crippen molar-refractivity contribution in [3.05, 3.63) is 54.1 Å². The molecule has 0 unspecified atom stereocenters. The number of hydrogen-bond acceptors (Lipinski definition) is 4. The topological polar surface area (TPSA) is 72.8 Å². The Bertz CT molecular complexity index is 677. The number of amides is 1. The monoisotopic (exact) mass is 312 g/mol. The number of aromatic hydroxyl groups is 1. The molecule has 0 bridgehead atoms. The summed E-state index contributed by atoms with van der Waals surface area (Å²) < 4.78 is 0. The molecule has 3 rings (SSSR count). The largest absolute Gasteiger partial charge is 0.506 e. The molecule has 23 heavy (non-hydrogen) atoms. The lowest BCUT2D eigenvalue weighted by Crippen LogP contribution is -2.35. The van der Waals surface area contributed by atoms with Gasteiger partial charge in [0, 0.05) is 24.3 Å². The lowest BCUT2D eigenvalue weighted by atomic mass is 10.1. The number of piperidine rings is 1. The molecule has 2 aromatic rings. The van der Waals surface area contributed by atoms with Crippen molar-refractivity contribution in [1.82, 2.24) is 0 Å². The Kier molecular flexibility index (Phi) is 4.48. The van der Waals surface area contributed by atoms with Crippen molar-refractivity contribution >= 4 is 17.3 Å². The van der Waals surface area contributed by atoms with E-state index in [-0.39, 0.29) is 17.8 Å². The second-order valence-corrected chi connectivity index (χ2v) is 5.74. The number of aliphatic hydroxyl groups excluding tert-OH is 1. The van der Waals surface area contributed by atoms with Crippen LogP contribution < -0.4 is 10.2 Å². The Hall–Kier alpha value is -2.53. The van der Waals surface area contributed by atoms with E-state index in [0.29, 0.717) is 11.3 Å². The van der Waals surface area contributed by atoms with E-state index in [4.69, 9.17) is 0 Å². The minimum Gasteiger partial charge on any atom is -0.506 e. The fraction of sp³-hybridized carbons (Fsp3) is 0.278. The third kappa shape index (κ3) is 3.63. The van der Waals surface area contributed by atoms with Crippen molar-refractivity contribution in [3.8, 4) is 5.75 Å². The first-order valence-corrected chi connectivity index (χ1v) is 7.76. The molecule has 0 atom stereocenters. The van der Waals surface area contributed by atoms with Crippen molar-refractivity contribution in [3.63, 3.8) is 0 Å². The SMILES string of the molecule is O=C(Nc1ccccc1O)c1ccc(N2CCC(O)CC2)cc1. The molecule has 0 saturated carbocycles. The number of nitrogens with zero attached hydrogens (tertiary/aromatic N) is 1. The summed E-state index contributed by atoms with van der Waals surface area (Å²) in [6.45, 7) is 1.65. The maximum absolute atomic E-state index is 12.2. The molecular formula is C18H20N2O3. The van der Waals surface area contributed by atoms with Gasteiger partial charge in [0.1, 0.15) is 5.75 Å². The molecule has 2 aromatic carbocycles. The number of phenolic OH excluding ortho intramolecular Hbond substituents is 1. The lowest BCUT2D eigenvalue weighted by Gasteiger charge is -2.31. The molecule has 1 aliphatic rings. The fourth-order valence-corrected chi connectivity index (χ4v) is 2.72. The number of benzene rings is 2. The van der Waals surface area contributed by atoms with Crippen LogP contribution in [0.3, 0.4) is 0 Å². The van der Waals surface area contributed by atoms with Crippen LogP contribution in [0.4, 0.5) is 11.4 Å². The van der Waals surface area contributed by atoms with Gasteiger partial charge in [-0.15, -0.1) is 0 Å². The summed E-state index contributed by atoms with van der Waals surface area (Å²) in [6.07, 6.45) is 1.35. The van der Waals surface area contributed by atoms with Crippen LogP contribution in [-0.4, -0.2) is 35.3 Å². The summed E-state index contributed by atoms with van der Waals surface area (Å²) in [7, 11) is 0. The first kappa shape index (κ1) is 15.4. The second kappa shape index (κ2) is 6.71. The van der Waals surface area contributed by atoms with Crippen LogP contribution in [0, 0.1) is 0 Å². The Morgan fingerprint density at radius 3 is 2.35 bits per heavy atom. The first-order valence-electron chi connectivity index (χ1n) is 7.76. The highest BCUT2D eigenvalue weighted by atomic mass is 16.3. The molecule has 0 aliphatic carbocycles. The highest BCUT2D eigenvalue weighted by Gasteiger charge is 2.17. The molecule has 1 amide bonds. The van der Waals surface area contributed by atoms with E-state index in [1.807, 2.05) is 12.1 Å². The van der Waals surface area contributed by atoms with Gasteiger partial charge in [0.05, 0.1) is 11.8 Å². The van der Waals surface area contributed by atoms with Gasteiger partial charge in [0.25, 0.3) is 5.91 Å². The molecule has 1 aliphatic heterocycles. The maximum atomic E-state index is 12.2. The van der Waals surface area contributed by atoms with E-state index in [2.05, 4.69) is 10.2 Å². The van der Waals surface area contributed by atoms with Crippen molar-refractivity contribution in [2.75, 3.05) is 23.3 Å². The third-order valence-corrected chi connectivity index (χ3v) is 4.11. The van der Waals surface area contributed by atoms with Crippen LogP contribution in [-0.2, 0) is 0 Å². The first-order chi connectivity index (χ1) is 11.1. The highest BCUT2D eigenvalue weighted by Crippen LogP contribution is 2.24. The van der Waals surface area contributed by atoms with Gasteiger partial charge in [-0.05, 0) is 49.2 Å². The number of carbonyl (C=O) groups is 1. The van der Waals surface area contributed by atoms with Crippen molar-refractivity contribution in [2.45, 2.75) is 18.9 Å². The summed E-state index contributed by atoms with van der Waals surface area (Å²) in [6, 6.07) is 14.0. The standard InChI is InChI=1S/C18H20N2O3/c21-15-9-11-20(12-10-15)14-7-5-13(6-8-14)18(23)19-16-3-1-2-4-17(16)22/h1-8,15,21-22H,9-12H2,(H,19,23). The number of carbonyl (C=O) groups excluding carboxylic acids is 1. The van der Waals surface area contributed by atoms with Crippen LogP contribution in [0.1, 0.15) is 23.2 Å². The molecule has 0 spiro atoms. The van der Waals surface area contributed by atoms with Gasteiger partial charge in [-0.1, -0.05) is 12.1 Å². The predicted octanol–water partition coefficient (Wildman–Crippen LogP) is 2.61. The van der Waals surface area contributed by atoms with Gasteiger partial charge in [-0.2, -0.15) is 0 Å². The van der Waals surface area contributed by atoms with E-state index in [1.54, 1.807) is 30.3 Å². The van der Waals surface area contributed by atoms with Gasteiger partial charge in [-0.3, -0.25) is 4.79 Å². The van der Waals surface area contributed by atoms with E-state index in [1.165, 1.54) is 6.07 Å². The third-order valence-electron chi connectivity index (χ3n) is 4.11. The number of aliphatic hydroxyl groups is 1. The van der Waals surface area contributed by atoms with Crippen molar-refractivity contribution in [2.24, 2.45) is 0 Å². The Labute approximate surface area is 135 Å². The molecule has 3 N–H and O–H groups in total. The molecule has 120 valence electrons. The average molecular weight is 312 g/mol. The van der Waals surface area contributed by atoms with Gasteiger partial charge in [0.2, 0.25) is 0 Å². The summed E-state index contributed by atoms with van der Waals surface area (Å²) >= 11 is 0. The Balaban J connectivity index is 1.67. The van der Waals surface area contributed by atoms with Gasteiger partial charge < -0.3 is 20.4 Å². The molecule has 0 aromatic heterocycles. The highest BCUT2D eigenvalue weighted by molar-refractivity contribution is 6.05. The zero-order valence-electron chi connectivity index (χ0n) is 12.8. The van der Waals surface area contributed by atoms with E-state index in [9.17, 15) is 15.0 Å². The molecule has 5 nitrogen and oxygen atoms in total. The molecule has 5 heteroatoms. The Morgan fingerprint density at radius 1 is 1.04 bits per heavy atom. The number of hydrogen-bond donors (Lipinski definition) is 3. The number of para-hydroxylation sites is 2. The Morgan fingerprint density at radius 2 is 1.70 bits per heavy atom.